The summed E-state index contributed by atoms with van der Waals surface area (Å²) in [6.07, 6.45) is 3.37. The van der Waals surface area contributed by atoms with Crippen molar-refractivity contribution >= 4 is 11.9 Å². The van der Waals surface area contributed by atoms with Crippen LogP contribution < -0.4 is 0 Å². The summed E-state index contributed by atoms with van der Waals surface area (Å²) >= 11 is 0. The topological polar surface area (TPSA) is 76.8 Å². The van der Waals surface area contributed by atoms with Gasteiger partial charge in [0.1, 0.15) is 0 Å². The minimum absolute atomic E-state index is 0. The first-order chi connectivity index (χ1) is 8.29. The zero-order valence-electron chi connectivity index (χ0n) is 9.53. The Morgan fingerprint density at radius 2 is 1.39 bits per heavy atom. The number of allylic oxidation sites excluding steroid dienone is 1. The molecule has 0 spiro atoms. The second-order valence-corrected chi connectivity index (χ2v) is 2.35. The van der Waals surface area contributed by atoms with E-state index in [1.165, 1.54) is 0 Å². The third kappa shape index (κ3) is 19.9. The molecule has 0 aliphatic carbocycles. The predicted molar refractivity (Wildman–Crippen MR) is 57.9 cm³/mol. The second kappa shape index (κ2) is 24.6. The zero-order chi connectivity index (χ0) is 14.1. The van der Waals surface area contributed by atoms with Gasteiger partial charge in [0.2, 0.25) is 0 Å². The standard InChI is InChI=1S/C10H10O.3CO.Fe/c1-9(11)7-8-10-5-3-2-4-6-10;3*1-2;/h2-8H,1H3;;;;. The van der Waals surface area contributed by atoms with E-state index in [0.717, 1.165) is 5.56 Å². The number of carbonyl (C=O) groups excluding carboxylic acids is 1. The van der Waals surface area contributed by atoms with Crippen molar-refractivity contribution in [2.75, 3.05) is 0 Å². The summed E-state index contributed by atoms with van der Waals surface area (Å²) in [4.78, 5) is 10.5. The van der Waals surface area contributed by atoms with Gasteiger partial charge in [0.25, 0.3) is 0 Å². The summed E-state index contributed by atoms with van der Waals surface area (Å²) < 4.78 is 22.5. The molecular weight excluding hydrogens is 276 g/mol. The summed E-state index contributed by atoms with van der Waals surface area (Å²) in [5, 5.41) is 0. The molecule has 0 atom stereocenters. The molecule has 0 unspecified atom stereocenters. The van der Waals surface area contributed by atoms with Crippen molar-refractivity contribution in [2.24, 2.45) is 0 Å². The maximum absolute atomic E-state index is 10.5. The van der Waals surface area contributed by atoms with Gasteiger partial charge in [0.15, 0.2) is 5.78 Å². The molecule has 4 nitrogen and oxygen atoms in total. The van der Waals surface area contributed by atoms with Crippen molar-refractivity contribution in [3.05, 3.63) is 61.9 Å². The predicted octanol–water partition coefficient (Wildman–Crippen LogP) is 2.17. The SMILES string of the molecule is CC(=O)C=Cc1ccccc1.[C-]#[O+].[C-]#[O+].[C-]#[O+].[Fe]. The number of benzene rings is 1. The van der Waals surface area contributed by atoms with Crippen LogP contribution in [0.4, 0.5) is 0 Å². The van der Waals surface area contributed by atoms with E-state index in [0.29, 0.717) is 0 Å². The van der Waals surface area contributed by atoms with Crippen molar-refractivity contribution < 1.29 is 35.8 Å². The van der Waals surface area contributed by atoms with Crippen LogP contribution in [-0.4, -0.2) is 5.78 Å². The quantitative estimate of drug-likeness (QED) is 0.355. The molecule has 1 aromatic carbocycles. The van der Waals surface area contributed by atoms with E-state index in [9.17, 15) is 4.79 Å². The monoisotopic (exact) mass is 286 g/mol. The summed E-state index contributed by atoms with van der Waals surface area (Å²) in [6, 6.07) is 9.75. The largest absolute Gasteiger partial charge is 0 e. The second-order valence-electron chi connectivity index (χ2n) is 2.35. The molecule has 0 aliphatic heterocycles. The van der Waals surface area contributed by atoms with Crippen LogP contribution in [-0.2, 0) is 35.8 Å². The Bertz CT molecular complexity index is 363. The van der Waals surface area contributed by atoms with Crippen LogP contribution in [0.15, 0.2) is 36.4 Å². The Hall–Kier alpha value is -1.63. The van der Waals surface area contributed by atoms with Crippen LogP contribution in [0.3, 0.4) is 0 Å². The molecule has 94 valence electrons. The molecule has 0 N–H and O–H groups in total. The van der Waals surface area contributed by atoms with Gasteiger partial charge < -0.3 is 0 Å². The van der Waals surface area contributed by atoms with Crippen LogP contribution in [0.2, 0.25) is 0 Å². The molecule has 0 aromatic heterocycles. The summed E-state index contributed by atoms with van der Waals surface area (Å²) in [5.41, 5.74) is 1.06. The summed E-state index contributed by atoms with van der Waals surface area (Å²) in [5.74, 6) is 0.0776. The van der Waals surface area contributed by atoms with Gasteiger partial charge in [0.05, 0.1) is 0 Å². The van der Waals surface area contributed by atoms with Crippen molar-refractivity contribution in [1.29, 1.82) is 0 Å². The van der Waals surface area contributed by atoms with E-state index >= 15 is 0 Å². The van der Waals surface area contributed by atoms with Crippen molar-refractivity contribution in [1.82, 2.24) is 0 Å². The molecule has 0 heterocycles. The number of hydrogen-bond donors (Lipinski definition) is 0. The van der Waals surface area contributed by atoms with Gasteiger partial charge in [-0.15, -0.1) is 0 Å². The van der Waals surface area contributed by atoms with Crippen molar-refractivity contribution in [2.45, 2.75) is 6.92 Å². The van der Waals surface area contributed by atoms with Gasteiger partial charge in [0, 0.05) is 17.1 Å². The van der Waals surface area contributed by atoms with Gasteiger partial charge in [-0.2, -0.15) is 0 Å². The Labute approximate surface area is 117 Å². The Balaban J connectivity index is -0.000000123. The fraction of sp³-hybridized carbons (Fsp3) is 0.0769. The maximum Gasteiger partial charge on any atom is 0 e. The fourth-order valence-corrected chi connectivity index (χ4v) is 0.778. The molecule has 0 saturated carbocycles. The fourth-order valence-electron chi connectivity index (χ4n) is 0.778. The van der Waals surface area contributed by atoms with Crippen molar-refractivity contribution in [3.63, 3.8) is 0 Å². The molecular formula is C13H10FeO4. The van der Waals surface area contributed by atoms with E-state index in [1.807, 2.05) is 36.4 Å². The van der Waals surface area contributed by atoms with Crippen LogP contribution in [0.5, 0.6) is 0 Å². The van der Waals surface area contributed by atoms with E-state index in [4.69, 9.17) is 14.0 Å². The molecule has 5 heteroatoms. The summed E-state index contributed by atoms with van der Waals surface area (Å²) in [6.45, 7) is 15.0. The molecule has 0 saturated heterocycles. The van der Waals surface area contributed by atoms with Crippen LogP contribution in [0, 0.1) is 20.0 Å². The van der Waals surface area contributed by atoms with Crippen LogP contribution >= 0.6 is 0 Å². The van der Waals surface area contributed by atoms with Gasteiger partial charge in [-0.05, 0) is 18.6 Å². The average molecular weight is 286 g/mol. The van der Waals surface area contributed by atoms with E-state index < -0.39 is 0 Å². The first-order valence-electron chi connectivity index (χ1n) is 4.14. The molecule has 0 fully saturated rings. The smallest absolute Gasteiger partial charge is 0 e. The third-order valence-electron chi connectivity index (χ3n) is 1.31. The molecule has 18 heavy (non-hydrogen) atoms. The molecule has 1 aromatic rings. The summed E-state index contributed by atoms with van der Waals surface area (Å²) in [7, 11) is 0. The number of ketones is 1. The van der Waals surface area contributed by atoms with Gasteiger partial charge in [-0.1, -0.05) is 36.4 Å². The van der Waals surface area contributed by atoms with E-state index in [-0.39, 0.29) is 22.9 Å². The zero-order valence-corrected chi connectivity index (χ0v) is 10.6. The molecule has 0 radical (unpaired) electrons. The molecule has 0 aliphatic rings. The normalized spacial score (nSPS) is 6.61. The van der Waals surface area contributed by atoms with Gasteiger partial charge in [-0.25, -0.2) is 0 Å². The van der Waals surface area contributed by atoms with Gasteiger partial charge >= 0.3 is 33.9 Å². The average Bonchev–Trinajstić information content (AvgIpc) is 2.44. The molecule has 1 rings (SSSR count). The Kier molecular flexibility index (Phi) is 34.5. The van der Waals surface area contributed by atoms with Crippen LogP contribution in [0.25, 0.3) is 6.08 Å². The number of carbonyl (C=O) groups is 1. The number of rotatable bonds is 2. The van der Waals surface area contributed by atoms with E-state index in [2.05, 4.69) is 20.0 Å². The Morgan fingerprint density at radius 3 is 1.72 bits per heavy atom. The number of hydrogen-bond acceptors (Lipinski definition) is 1. The first-order valence-corrected chi connectivity index (χ1v) is 4.14. The maximum atomic E-state index is 10.5. The Morgan fingerprint density at radius 1 is 1.00 bits per heavy atom. The minimum atomic E-state index is 0. The van der Waals surface area contributed by atoms with Gasteiger partial charge in [-0.3, -0.25) is 4.79 Å². The third-order valence-corrected chi connectivity index (χ3v) is 1.31. The van der Waals surface area contributed by atoms with Crippen LogP contribution in [0.1, 0.15) is 12.5 Å². The van der Waals surface area contributed by atoms with Crippen molar-refractivity contribution in [3.8, 4) is 0 Å². The minimum Gasteiger partial charge on any atom is 0 e. The molecule has 0 bridgehead atoms. The first kappa shape index (κ1) is 25.3. The molecule has 0 amide bonds. The van der Waals surface area contributed by atoms with E-state index in [1.54, 1.807) is 13.0 Å².